The molecule has 6 aromatic rings. The van der Waals surface area contributed by atoms with Gasteiger partial charge in [0.2, 0.25) is 0 Å². The highest BCUT2D eigenvalue weighted by molar-refractivity contribution is 7.98. The summed E-state index contributed by atoms with van der Waals surface area (Å²) in [6, 6.07) is 0. The third-order valence-electron chi connectivity index (χ3n) is 6.23. The summed E-state index contributed by atoms with van der Waals surface area (Å²) in [4.78, 5) is 62.2. The zero-order valence-electron chi connectivity index (χ0n) is 26.1. The summed E-state index contributed by atoms with van der Waals surface area (Å²) in [5.41, 5.74) is 4.04. The number of fused-ring (bicyclic) bond motifs is 2. The second kappa shape index (κ2) is 14.5. The summed E-state index contributed by atoms with van der Waals surface area (Å²) >= 11 is 5.38. The zero-order chi connectivity index (χ0) is 34.6. The number of aromatic carboxylic acids is 1. The first-order valence-electron chi connectivity index (χ1n) is 13.9. The molecule has 0 saturated carbocycles. The number of aromatic amines is 2. The molecule has 0 atom stereocenters. The molecule has 48 heavy (non-hydrogen) atoms. The molecular formula is C30H26N10O4S4. The van der Waals surface area contributed by atoms with E-state index in [4.69, 9.17) is 23.0 Å². The fourth-order valence-electron chi connectivity index (χ4n) is 4.04. The smallest absolute Gasteiger partial charge is 0.350 e. The van der Waals surface area contributed by atoms with E-state index in [1.54, 1.807) is 18.6 Å². The number of hydrogen-bond acceptors (Lipinski definition) is 13. The molecule has 0 aliphatic rings. The molecule has 6 heterocycles. The standard InChI is InChI=1S/C17H17N5O2S2.C13H9N5O2S2/c1-9-13-10(6-20-14(9)18-5)21-16(22-13)25-8-12-19-7-11(26-12)15(23)24-17(2,3)4;1-6-10-7(3-16-11(6)14-2)17-13(18-10)21-5-9-15-4-8(22-9)12(19)20/h6-7H,8H2,1-4H3,(H,21,22);3-4H,5H2,1H3,(H,17,18)(H,19,20). The van der Waals surface area contributed by atoms with Crippen LogP contribution in [-0.2, 0) is 16.2 Å². The van der Waals surface area contributed by atoms with E-state index in [9.17, 15) is 9.59 Å². The minimum absolute atomic E-state index is 0.224. The maximum Gasteiger partial charge on any atom is 0.350 e. The second-order valence-corrected chi connectivity index (χ2v) is 15.0. The fraction of sp³-hybridized carbons (Fsp3) is 0.267. The average molecular weight is 719 g/mol. The number of imidazole rings is 2. The number of nitrogens with one attached hydrogen (secondary N) is 2. The molecule has 18 heteroatoms. The van der Waals surface area contributed by atoms with Crippen LogP contribution >= 0.6 is 46.2 Å². The van der Waals surface area contributed by atoms with E-state index in [0.717, 1.165) is 59.7 Å². The van der Waals surface area contributed by atoms with Crippen molar-refractivity contribution in [3.05, 3.63) is 78.5 Å². The minimum Gasteiger partial charge on any atom is -0.477 e. The van der Waals surface area contributed by atoms with Gasteiger partial charge in [0.15, 0.2) is 10.3 Å². The number of nitrogens with zero attached hydrogens (tertiary/aromatic N) is 8. The molecule has 0 radical (unpaired) electrons. The molecule has 14 nitrogen and oxygen atoms in total. The lowest BCUT2D eigenvalue weighted by atomic mass is 10.2. The Morgan fingerprint density at radius 1 is 0.812 bits per heavy atom. The molecule has 3 N–H and O–H groups in total. The molecule has 0 saturated heterocycles. The molecule has 244 valence electrons. The number of carboxylic acid groups (broad SMARTS) is 1. The van der Waals surface area contributed by atoms with E-state index in [1.807, 2.05) is 34.6 Å². The molecular weight excluding hydrogens is 693 g/mol. The number of pyridine rings is 2. The number of carboxylic acids is 1. The van der Waals surface area contributed by atoms with Crippen molar-refractivity contribution in [1.29, 1.82) is 0 Å². The van der Waals surface area contributed by atoms with Crippen LogP contribution in [-0.4, -0.2) is 62.5 Å². The molecule has 0 aliphatic carbocycles. The normalized spacial score (nSPS) is 11.1. The minimum atomic E-state index is -0.967. The van der Waals surface area contributed by atoms with Crippen molar-refractivity contribution in [3.8, 4) is 0 Å². The Kier molecular flexibility index (Phi) is 10.4. The summed E-state index contributed by atoms with van der Waals surface area (Å²) in [6.07, 6.45) is 6.12. The van der Waals surface area contributed by atoms with Gasteiger partial charge < -0.3 is 29.5 Å². The number of carbonyl (C=O) groups is 2. The molecule has 6 rings (SSSR count). The maximum atomic E-state index is 12.1. The highest BCUT2D eigenvalue weighted by Crippen LogP contribution is 2.30. The molecule has 0 aromatic carbocycles. The van der Waals surface area contributed by atoms with E-state index in [2.05, 4.69) is 49.6 Å². The highest BCUT2D eigenvalue weighted by atomic mass is 32.2. The fourth-order valence-corrected chi connectivity index (χ4v) is 7.35. The van der Waals surface area contributed by atoms with E-state index < -0.39 is 11.6 Å². The van der Waals surface area contributed by atoms with Gasteiger partial charge in [0.1, 0.15) is 48.8 Å². The van der Waals surface area contributed by atoms with Gasteiger partial charge in [0.25, 0.3) is 11.6 Å². The van der Waals surface area contributed by atoms with Crippen LogP contribution in [0.5, 0.6) is 0 Å². The SMILES string of the molecule is [C-]#[N+]c1ncc2[nH]c(SCc3ncc(C(=O)O)s3)nc2c1C.[C-]#[N+]c1ncc2[nH]c(SCc3ncc(C(=O)OC(C)(C)C)s3)nc2c1C. The van der Waals surface area contributed by atoms with Gasteiger partial charge in [-0.05, 0) is 34.6 Å². The van der Waals surface area contributed by atoms with Crippen LogP contribution in [0.4, 0.5) is 11.6 Å². The number of thioether (sulfide) groups is 2. The van der Waals surface area contributed by atoms with Gasteiger partial charge in [-0.1, -0.05) is 36.7 Å². The van der Waals surface area contributed by atoms with Crippen LogP contribution in [0.15, 0.2) is 35.1 Å². The van der Waals surface area contributed by atoms with Crippen molar-refractivity contribution in [3.63, 3.8) is 0 Å². The van der Waals surface area contributed by atoms with Gasteiger partial charge in [-0.25, -0.2) is 29.5 Å². The first kappa shape index (κ1) is 34.5. The Morgan fingerprint density at radius 2 is 1.27 bits per heavy atom. The lowest BCUT2D eigenvalue weighted by Gasteiger charge is -2.18. The summed E-state index contributed by atoms with van der Waals surface area (Å²) in [6.45, 7) is 23.3. The predicted octanol–water partition coefficient (Wildman–Crippen LogP) is 7.79. The van der Waals surface area contributed by atoms with E-state index >= 15 is 0 Å². The van der Waals surface area contributed by atoms with Crippen molar-refractivity contribution >= 4 is 91.8 Å². The van der Waals surface area contributed by atoms with E-state index in [-0.39, 0.29) is 10.8 Å². The lowest BCUT2D eigenvalue weighted by Crippen LogP contribution is -2.23. The van der Waals surface area contributed by atoms with Crippen molar-refractivity contribution in [2.24, 2.45) is 0 Å². The summed E-state index contributed by atoms with van der Waals surface area (Å²) in [5.74, 6) is 0.494. The van der Waals surface area contributed by atoms with Crippen LogP contribution in [0.3, 0.4) is 0 Å². The Bertz CT molecular complexity index is 2230. The summed E-state index contributed by atoms with van der Waals surface area (Å²) < 4.78 is 5.35. The molecule has 0 amide bonds. The third kappa shape index (κ3) is 8.15. The van der Waals surface area contributed by atoms with Crippen molar-refractivity contribution in [2.45, 2.75) is 62.0 Å². The molecule has 0 bridgehead atoms. The number of carbonyl (C=O) groups excluding carboxylic acids is 1. The number of thiazole rings is 2. The van der Waals surface area contributed by atoms with Gasteiger partial charge in [-0.15, -0.1) is 32.6 Å². The Hall–Kier alpha value is -4.88. The van der Waals surface area contributed by atoms with Gasteiger partial charge in [0, 0.05) is 11.1 Å². The molecule has 0 unspecified atom stereocenters. The van der Waals surface area contributed by atoms with Crippen LogP contribution in [0.25, 0.3) is 31.8 Å². The van der Waals surface area contributed by atoms with Crippen molar-refractivity contribution in [1.82, 2.24) is 39.9 Å². The number of rotatable bonds is 8. The van der Waals surface area contributed by atoms with Crippen LogP contribution < -0.4 is 0 Å². The van der Waals surface area contributed by atoms with Gasteiger partial charge in [-0.3, -0.25) is 0 Å². The van der Waals surface area contributed by atoms with Gasteiger partial charge >= 0.3 is 11.9 Å². The van der Waals surface area contributed by atoms with Crippen molar-refractivity contribution in [2.75, 3.05) is 0 Å². The first-order valence-corrected chi connectivity index (χ1v) is 17.5. The quantitative estimate of drug-likeness (QED) is 0.0791. The Labute approximate surface area is 290 Å². The number of hydrogen-bond donors (Lipinski definition) is 3. The largest absolute Gasteiger partial charge is 0.477 e. The molecule has 0 aliphatic heterocycles. The van der Waals surface area contributed by atoms with Gasteiger partial charge in [-0.2, -0.15) is 0 Å². The predicted molar refractivity (Wildman–Crippen MR) is 185 cm³/mol. The van der Waals surface area contributed by atoms with Gasteiger partial charge in [0.05, 0.1) is 34.9 Å². The van der Waals surface area contributed by atoms with E-state index in [1.165, 1.54) is 41.1 Å². The molecule has 0 fully saturated rings. The zero-order valence-corrected chi connectivity index (χ0v) is 29.4. The number of aromatic nitrogens is 8. The van der Waals surface area contributed by atoms with E-state index in [0.29, 0.717) is 33.2 Å². The number of H-pyrrole nitrogens is 2. The van der Waals surface area contributed by atoms with Crippen molar-refractivity contribution < 1.29 is 19.4 Å². The maximum absolute atomic E-state index is 12.1. The van der Waals surface area contributed by atoms with Crippen LogP contribution in [0.2, 0.25) is 0 Å². The third-order valence-corrected chi connectivity index (χ3v) is 10.3. The van der Waals surface area contributed by atoms with Crippen LogP contribution in [0.1, 0.15) is 61.3 Å². The average Bonchev–Trinajstić information content (AvgIpc) is 3.85. The number of ether oxygens (including phenoxy) is 1. The summed E-state index contributed by atoms with van der Waals surface area (Å²) in [7, 11) is 0. The topological polar surface area (TPSA) is 181 Å². The first-order chi connectivity index (χ1) is 22.8. The monoisotopic (exact) mass is 718 g/mol. The number of aryl methyl sites for hydroxylation is 2. The molecule has 0 spiro atoms. The Balaban J connectivity index is 0.000000190. The number of esters is 1. The lowest BCUT2D eigenvalue weighted by molar-refractivity contribution is 0.00747. The summed E-state index contributed by atoms with van der Waals surface area (Å²) in [5, 5.41) is 11.8. The molecule has 6 aromatic heterocycles. The van der Waals surface area contributed by atoms with Crippen LogP contribution in [0, 0.1) is 27.0 Å². The second-order valence-electron chi connectivity index (χ2n) is 10.9. The highest BCUT2D eigenvalue weighted by Gasteiger charge is 2.20. The Morgan fingerprint density at radius 3 is 1.69 bits per heavy atom.